The van der Waals surface area contributed by atoms with E-state index in [9.17, 15) is 8.42 Å². The first-order valence-corrected chi connectivity index (χ1v) is 9.14. The Labute approximate surface area is 135 Å². The molecule has 1 aromatic heterocycles. The summed E-state index contributed by atoms with van der Waals surface area (Å²) < 4.78 is 25.2. The largest absolute Gasteiger partial charge is 0.324 e. The number of primary sulfonamides is 1. The maximum Gasteiger partial charge on any atom is 0.238 e. The Kier molecular flexibility index (Phi) is 4.19. The predicted octanol–water partition coefficient (Wildman–Crippen LogP) is 3.15. The van der Waals surface area contributed by atoms with Crippen LogP contribution in [0.5, 0.6) is 0 Å². The minimum atomic E-state index is -3.73. The second kappa shape index (κ2) is 6.14. The van der Waals surface area contributed by atoms with Crippen molar-refractivity contribution in [2.75, 3.05) is 0 Å². The van der Waals surface area contributed by atoms with E-state index in [-0.39, 0.29) is 4.90 Å². The molecule has 6 heteroatoms. The highest BCUT2D eigenvalue weighted by Gasteiger charge is 2.15. The molecule has 0 saturated heterocycles. The molecular formula is C17H19N3O2S. The molecule has 0 amide bonds. The quantitative estimate of drug-likeness (QED) is 0.781. The van der Waals surface area contributed by atoms with Crippen molar-refractivity contribution in [1.82, 2.24) is 9.55 Å². The summed E-state index contributed by atoms with van der Waals surface area (Å²) >= 11 is 0. The minimum absolute atomic E-state index is 0.0877. The molecule has 0 aliphatic heterocycles. The van der Waals surface area contributed by atoms with Gasteiger partial charge in [-0.3, -0.25) is 0 Å². The average Bonchev–Trinajstić information content (AvgIpc) is 2.90. The van der Waals surface area contributed by atoms with Gasteiger partial charge in [0.05, 0.1) is 15.9 Å². The maximum absolute atomic E-state index is 11.6. The van der Waals surface area contributed by atoms with Gasteiger partial charge in [0.25, 0.3) is 0 Å². The summed E-state index contributed by atoms with van der Waals surface area (Å²) in [5.74, 6) is 0.848. The Morgan fingerprint density at radius 3 is 2.52 bits per heavy atom. The SMILES string of the molecule is CCCCn1c(-c2ccccc2)nc2cc(S(N)(=O)=O)ccc21. The van der Waals surface area contributed by atoms with E-state index < -0.39 is 10.0 Å². The average molecular weight is 329 g/mol. The van der Waals surface area contributed by atoms with E-state index in [0.717, 1.165) is 36.3 Å². The summed E-state index contributed by atoms with van der Waals surface area (Å²) in [6, 6.07) is 14.8. The number of unbranched alkanes of at least 4 members (excludes halogenated alkanes) is 1. The Hall–Kier alpha value is -2.18. The van der Waals surface area contributed by atoms with Crippen molar-refractivity contribution >= 4 is 21.1 Å². The fourth-order valence-electron chi connectivity index (χ4n) is 2.64. The van der Waals surface area contributed by atoms with Crippen molar-refractivity contribution in [3.8, 4) is 11.4 Å². The van der Waals surface area contributed by atoms with E-state index in [0.29, 0.717) is 5.52 Å². The molecule has 5 nitrogen and oxygen atoms in total. The fraction of sp³-hybridized carbons (Fsp3) is 0.235. The predicted molar refractivity (Wildman–Crippen MR) is 91.5 cm³/mol. The molecule has 0 atom stereocenters. The Morgan fingerprint density at radius 2 is 1.87 bits per heavy atom. The third-order valence-electron chi connectivity index (χ3n) is 3.82. The Bertz CT molecular complexity index is 931. The normalized spacial score (nSPS) is 11.9. The molecule has 0 radical (unpaired) electrons. The molecule has 0 unspecified atom stereocenters. The van der Waals surface area contributed by atoms with Crippen molar-refractivity contribution in [2.45, 2.75) is 31.2 Å². The lowest BCUT2D eigenvalue weighted by Crippen LogP contribution is -2.11. The first kappa shape index (κ1) is 15.7. The van der Waals surface area contributed by atoms with E-state index >= 15 is 0 Å². The summed E-state index contributed by atoms with van der Waals surface area (Å²) in [7, 11) is -3.73. The van der Waals surface area contributed by atoms with Gasteiger partial charge in [-0.2, -0.15) is 0 Å². The van der Waals surface area contributed by atoms with Crippen LogP contribution < -0.4 is 5.14 Å². The van der Waals surface area contributed by atoms with Crippen LogP contribution >= 0.6 is 0 Å². The van der Waals surface area contributed by atoms with Crippen LogP contribution in [0.15, 0.2) is 53.4 Å². The topological polar surface area (TPSA) is 78.0 Å². The van der Waals surface area contributed by atoms with Gasteiger partial charge in [0.15, 0.2) is 0 Å². The lowest BCUT2D eigenvalue weighted by Gasteiger charge is -2.08. The highest BCUT2D eigenvalue weighted by Crippen LogP contribution is 2.26. The molecule has 0 aliphatic carbocycles. The second-order valence-corrected chi connectivity index (χ2v) is 7.06. The highest BCUT2D eigenvalue weighted by molar-refractivity contribution is 7.89. The zero-order chi connectivity index (χ0) is 16.4. The van der Waals surface area contributed by atoms with Crippen LogP contribution in [0.2, 0.25) is 0 Å². The van der Waals surface area contributed by atoms with Gasteiger partial charge >= 0.3 is 0 Å². The van der Waals surface area contributed by atoms with Crippen LogP contribution in [-0.2, 0) is 16.6 Å². The van der Waals surface area contributed by atoms with Gasteiger partial charge in [-0.1, -0.05) is 43.7 Å². The van der Waals surface area contributed by atoms with E-state index in [1.807, 2.05) is 30.3 Å². The Morgan fingerprint density at radius 1 is 1.13 bits per heavy atom. The molecule has 2 N–H and O–H groups in total. The standard InChI is InChI=1S/C17H19N3O2S/c1-2-3-11-20-16-10-9-14(23(18,21)22)12-15(16)19-17(20)13-7-5-4-6-8-13/h4-10,12H,2-3,11H2,1H3,(H2,18,21,22). The number of rotatable bonds is 5. The molecule has 0 aliphatic rings. The van der Waals surface area contributed by atoms with Crippen molar-refractivity contribution in [2.24, 2.45) is 5.14 Å². The summed E-state index contributed by atoms with van der Waals surface area (Å²) in [6.07, 6.45) is 2.10. The summed E-state index contributed by atoms with van der Waals surface area (Å²) in [5.41, 5.74) is 2.58. The van der Waals surface area contributed by atoms with E-state index in [1.165, 1.54) is 6.07 Å². The van der Waals surface area contributed by atoms with Crippen molar-refractivity contribution in [1.29, 1.82) is 0 Å². The summed E-state index contributed by atoms with van der Waals surface area (Å²) in [4.78, 5) is 4.74. The molecule has 3 aromatic rings. The first-order valence-electron chi connectivity index (χ1n) is 7.59. The molecule has 0 spiro atoms. The molecule has 0 bridgehead atoms. The number of nitrogens with zero attached hydrogens (tertiary/aromatic N) is 2. The number of aryl methyl sites for hydroxylation is 1. The summed E-state index contributed by atoms with van der Waals surface area (Å²) in [6.45, 7) is 2.98. The number of benzene rings is 2. The van der Waals surface area contributed by atoms with E-state index in [2.05, 4.69) is 16.5 Å². The van der Waals surface area contributed by atoms with Crippen LogP contribution in [0.25, 0.3) is 22.4 Å². The zero-order valence-corrected chi connectivity index (χ0v) is 13.8. The van der Waals surface area contributed by atoms with Gasteiger partial charge in [-0.05, 0) is 24.6 Å². The number of hydrogen-bond donors (Lipinski definition) is 1. The number of nitrogens with two attached hydrogens (primary N) is 1. The molecule has 3 rings (SSSR count). The number of sulfonamides is 1. The second-order valence-electron chi connectivity index (χ2n) is 5.50. The number of fused-ring (bicyclic) bond motifs is 1. The lowest BCUT2D eigenvalue weighted by molar-refractivity contribution is 0.598. The summed E-state index contributed by atoms with van der Waals surface area (Å²) in [5, 5.41) is 5.22. The van der Waals surface area contributed by atoms with Gasteiger partial charge in [0.2, 0.25) is 10.0 Å². The van der Waals surface area contributed by atoms with Crippen LogP contribution in [0, 0.1) is 0 Å². The fourth-order valence-corrected chi connectivity index (χ4v) is 3.17. The van der Waals surface area contributed by atoms with Gasteiger partial charge in [-0.25, -0.2) is 18.5 Å². The van der Waals surface area contributed by atoms with Gasteiger partial charge in [0.1, 0.15) is 5.82 Å². The molecule has 23 heavy (non-hydrogen) atoms. The highest BCUT2D eigenvalue weighted by atomic mass is 32.2. The van der Waals surface area contributed by atoms with E-state index in [4.69, 9.17) is 5.14 Å². The van der Waals surface area contributed by atoms with Crippen molar-refractivity contribution < 1.29 is 8.42 Å². The molecule has 0 fully saturated rings. The third kappa shape index (κ3) is 3.13. The van der Waals surface area contributed by atoms with Crippen molar-refractivity contribution in [3.05, 3.63) is 48.5 Å². The Balaban J connectivity index is 2.22. The number of hydrogen-bond acceptors (Lipinski definition) is 3. The minimum Gasteiger partial charge on any atom is -0.324 e. The van der Waals surface area contributed by atoms with Crippen LogP contribution in [-0.4, -0.2) is 18.0 Å². The third-order valence-corrected chi connectivity index (χ3v) is 4.73. The van der Waals surface area contributed by atoms with Gasteiger partial charge in [0, 0.05) is 12.1 Å². The molecule has 120 valence electrons. The smallest absolute Gasteiger partial charge is 0.238 e. The lowest BCUT2D eigenvalue weighted by atomic mass is 10.2. The van der Waals surface area contributed by atoms with Gasteiger partial charge < -0.3 is 4.57 Å². The van der Waals surface area contributed by atoms with Crippen LogP contribution in [0.1, 0.15) is 19.8 Å². The maximum atomic E-state index is 11.6. The van der Waals surface area contributed by atoms with Crippen molar-refractivity contribution in [3.63, 3.8) is 0 Å². The molecule has 1 heterocycles. The van der Waals surface area contributed by atoms with Gasteiger partial charge in [-0.15, -0.1) is 0 Å². The monoisotopic (exact) mass is 329 g/mol. The molecule has 2 aromatic carbocycles. The van der Waals surface area contributed by atoms with E-state index in [1.54, 1.807) is 12.1 Å². The number of imidazole rings is 1. The van der Waals surface area contributed by atoms with Crippen LogP contribution in [0.3, 0.4) is 0 Å². The molecular weight excluding hydrogens is 310 g/mol. The number of aromatic nitrogens is 2. The first-order chi connectivity index (χ1) is 11.0. The zero-order valence-electron chi connectivity index (χ0n) is 12.9. The molecule has 0 saturated carbocycles. The van der Waals surface area contributed by atoms with Crippen LogP contribution in [0.4, 0.5) is 0 Å².